The van der Waals surface area contributed by atoms with Gasteiger partial charge in [-0.25, -0.2) is 0 Å². The number of para-hydroxylation sites is 1. The molecule has 0 aromatic heterocycles. The normalized spacial score (nSPS) is 30.6. The third kappa shape index (κ3) is 2.49. The molecule has 4 rings (SSSR count). The van der Waals surface area contributed by atoms with Crippen molar-refractivity contribution in [3.05, 3.63) is 41.0 Å². The molecular formula is C18H22O3. The fourth-order valence-corrected chi connectivity index (χ4v) is 3.73. The van der Waals surface area contributed by atoms with E-state index in [0.29, 0.717) is 12.5 Å². The Morgan fingerprint density at radius 1 is 1.24 bits per heavy atom. The third-order valence-corrected chi connectivity index (χ3v) is 5.21. The summed E-state index contributed by atoms with van der Waals surface area (Å²) in [6.45, 7) is 1.47. The van der Waals surface area contributed by atoms with Crippen LogP contribution in [0.5, 0.6) is 5.75 Å². The van der Waals surface area contributed by atoms with E-state index in [1.54, 1.807) is 11.1 Å². The smallest absolute Gasteiger partial charge is 0.157 e. The molecule has 3 aliphatic rings. The molecule has 1 saturated heterocycles. The van der Waals surface area contributed by atoms with E-state index in [1.165, 1.54) is 24.8 Å². The van der Waals surface area contributed by atoms with Crippen molar-refractivity contribution < 1.29 is 14.6 Å². The minimum absolute atomic E-state index is 0.194. The van der Waals surface area contributed by atoms with Crippen LogP contribution in [0.1, 0.15) is 31.2 Å². The lowest BCUT2D eigenvalue weighted by Crippen LogP contribution is -2.30. The highest BCUT2D eigenvalue weighted by Gasteiger charge is 2.35. The maximum atomic E-state index is 9.81. The van der Waals surface area contributed by atoms with Gasteiger partial charge in [0.1, 0.15) is 5.75 Å². The van der Waals surface area contributed by atoms with Crippen LogP contribution in [0.3, 0.4) is 0 Å². The summed E-state index contributed by atoms with van der Waals surface area (Å²) in [4.78, 5) is 0. The Hall–Kier alpha value is -1.32. The van der Waals surface area contributed by atoms with Crippen LogP contribution in [-0.2, 0) is 11.2 Å². The Labute approximate surface area is 125 Å². The van der Waals surface area contributed by atoms with Crippen LogP contribution < -0.4 is 4.74 Å². The lowest BCUT2D eigenvalue weighted by atomic mass is 9.66. The van der Waals surface area contributed by atoms with Gasteiger partial charge in [-0.2, -0.15) is 0 Å². The van der Waals surface area contributed by atoms with E-state index in [9.17, 15) is 5.11 Å². The number of aliphatic hydroxyl groups is 1. The summed E-state index contributed by atoms with van der Waals surface area (Å²) in [7, 11) is 0. The zero-order valence-corrected chi connectivity index (χ0v) is 12.3. The van der Waals surface area contributed by atoms with Gasteiger partial charge in [-0.05, 0) is 43.7 Å². The van der Waals surface area contributed by atoms with E-state index in [0.717, 1.165) is 25.2 Å². The largest absolute Gasteiger partial charge is 0.493 e. The van der Waals surface area contributed by atoms with Crippen LogP contribution in [0.15, 0.2) is 35.4 Å². The van der Waals surface area contributed by atoms with E-state index < -0.39 is 6.29 Å². The van der Waals surface area contributed by atoms with Crippen LogP contribution >= 0.6 is 0 Å². The quantitative estimate of drug-likeness (QED) is 0.845. The predicted molar refractivity (Wildman–Crippen MR) is 80.1 cm³/mol. The second-order valence-electron chi connectivity index (χ2n) is 6.46. The molecule has 21 heavy (non-hydrogen) atoms. The molecule has 3 atom stereocenters. The molecule has 1 aliphatic heterocycles. The van der Waals surface area contributed by atoms with E-state index in [2.05, 4.69) is 6.07 Å². The molecule has 3 nitrogen and oxygen atoms in total. The van der Waals surface area contributed by atoms with Crippen molar-refractivity contribution in [3.8, 4) is 5.75 Å². The number of allylic oxidation sites excluding steroid dienone is 1. The fourth-order valence-electron chi connectivity index (χ4n) is 3.73. The van der Waals surface area contributed by atoms with Gasteiger partial charge in [0.15, 0.2) is 6.29 Å². The van der Waals surface area contributed by atoms with Gasteiger partial charge in [-0.3, -0.25) is 0 Å². The zero-order chi connectivity index (χ0) is 14.2. The maximum absolute atomic E-state index is 9.81. The highest BCUT2D eigenvalue weighted by molar-refractivity contribution is 5.38. The van der Waals surface area contributed by atoms with Gasteiger partial charge in [-0.1, -0.05) is 29.3 Å². The average Bonchev–Trinajstić information content (AvgIpc) is 2.87. The second kappa shape index (κ2) is 5.47. The number of aliphatic hydroxyl groups excluding tert-OH is 1. The number of benzene rings is 1. The second-order valence-corrected chi connectivity index (χ2v) is 6.46. The minimum atomic E-state index is -0.618. The molecular weight excluding hydrogens is 264 g/mol. The number of hydrogen-bond acceptors (Lipinski definition) is 3. The highest BCUT2D eigenvalue weighted by atomic mass is 16.6. The van der Waals surface area contributed by atoms with Crippen LogP contribution in [0, 0.1) is 11.8 Å². The average molecular weight is 286 g/mol. The van der Waals surface area contributed by atoms with Crippen molar-refractivity contribution in [2.24, 2.45) is 11.8 Å². The van der Waals surface area contributed by atoms with E-state index in [4.69, 9.17) is 9.47 Å². The van der Waals surface area contributed by atoms with Gasteiger partial charge in [0.05, 0.1) is 13.2 Å². The molecule has 0 bridgehead atoms. The van der Waals surface area contributed by atoms with Crippen molar-refractivity contribution in [1.29, 1.82) is 0 Å². The molecule has 0 radical (unpaired) electrons. The van der Waals surface area contributed by atoms with Crippen molar-refractivity contribution in [2.45, 2.75) is 38.4 Å². The monoisotopic (exact) mass is 286 g/mol. The van der Waals surface area contributed by atoms with Gasteiger partial charge in [0.2, 0.25) is 0 Å². The molecule has 0 amide bonds. The summed E-state index contributed by atoms with van der Waals surface area (Å²) in [5, 5.41) is 9.81. The summed E-state index contributed by atoms with van der Waals surface area (Å²) in [6, 6.07) is 8.22. The minimum Gasteiger partial charge on any atom is -0.493 e. The van der Waals surface area contributed by atoms with Crippen LogP contribution in [0.2, 0.25) is 0 Å². The van der Waals surface area contributed by atoms with E-state index in [-0.39, 0.29) is 5.92 Å². The number of hydrogen-bond donors (Lipinski definition) is 1. The van der Waals surface area contributed by atoms with Crippen LogP contribution in [-0.4, -0.2) is 24.6 Å². The molecule has 112 valence electrons. The van der Waals surface area contributed by atoms with Crippen LogP contribution in [0.4, 0.5) is 0 Å². The molecule has 2 aliphatic carbocycles. The summed E-state index contributed by atoms with van der Waals surface area (Å²) in [5.74, 6) is 1.83. The van der Waals surface area contributed by atoms with Crippen LogP contribution in [0.25, 0.3) is 0 Å². The Kier molecular flexibility index (Phi) is 3.48. The molecule has 1 aromatic carbocycles. The molecule has 0 spiro atoms. The Bertz CT molecular complexity index is 563. The Morgan fingerprint density at radius 2 is 2.14 bits per heavy atom. The Morgan fingerprint density at radius 3 is 2.81 bits per heavy atom. The first-order valence-corrected chi connectivity index (χ1v) is 8.02. The van der Waals surface area contributed by atoms with Gasteiger partial charge in [-0.15, -0.1) is 0 Å². The highest BCUT2D eigenvalue weighted by Crippen LogP contribution is 2.48. The lowest BCUT2D eigenvalue weighted by molar-refractivity contribution is -0.0819. The first-order valence-electron chi connectivity index (χ1n) is 8.02. The number of rotatable bonds is 5. The Balaban J connectivity index is 1.40. The molecule has 3 heteroatoms. The first-order chi connectivity index (χ1) is 10.3. The predicted octanol–water partition coefficient (Wildman–Crippen LogP) is 3.07. The van der Waals surface area contributed by atoms with E-state index >= 15 is 0 Å². The zero-order valence-electron chi connectivity index (χ0n) is 12.3. The summed E-state index contributed by atoms with van der Waals surface area (Å²) < 4.78 is 11.3. The lowest BCUT2D eigenvalue weighted by Gasteiger charge is -2.41. The first kappa shape index (κ1) is 13.4. The summed E-state index contributed by atoms with van der Waals surface area (Å²) in [5.41, 5.74) is 4.53. The third-order valence-electron chi connectivity index (χ3n) is 5.21. The van der Waals surface area contributed by atoms with Gasteiger partial charge >= 0.3 is 0 Å². The number of ether oxygens (including phenoxy) is 2. The molecule has 1 heterocycles. The van der Waals surface area contributed by atoms with Crippen molar-refractivity contribution in [3.63, 3.8) is 0 Å². The SMILES string of the molecule is O[C@@H]1OCCC1Cc1ccccc1OCC1CC2=C1CC2. The molecule has 1 fully saturated rings. The summed E-state index contributed by atoms with van der Waals surface area (Å²) >= 11 is 0. The molecule has 1 N–H and O–H groups in total. The van der Waals surface area contributed by atoms with Gasteiger partial charge < -0.3 is 14.6 Å². The molecule has 0 saturated carbocycles. The maximum Gasteiger partial charge on any atom is 0.157 e. The topological polar surface area (TPSA) is 38.7 Å². The standard InChI is InChI=1S/C18H22O3/c19-18-14(7-8-20-18)10-13-3-1-2-4-17(13)21-11-15-9-12-5-6-16(12)15/h1-4,14-15,18-19H,5-11H2/t14?,15?,18-/m1/s1. The van der Waals surface area contributed by atoms with Crippen molar-refractivity contribution in [2.75, 3.05) is 13.2 Å². The molecule has 1 aromatic rings. The fraction of sp³-hybridized carbons (Fsp3) is 0.556. The van der Waals surface area contributed by atoms with Gasteiger partial charge in [0, 0.05) is 11.8 Å². The van der Waals surface area contributed by atoms with Crippen molar-refractivity contribution in [1.82, 2.24) is 0 Å². The van der Waals surface area contributed by atoms with Crippen molar-refractivity contribution >= 4 is 0 Å². The molecule has 2 unspecified atom stereocenters. The summed E-state index contributed by atoms with van der Waals surface area (Å²) in [6.07, 6.45) is 4.99. The van der Waals surface area contributed by atoms with E-state index in [1.807, 2.05) is 18.2 Å². The van der Waals surface area contributed by atoms with Gasteiger partial charge in [0.25, 0.3) is 0 Å².